The fourth-order valence-corrected chi connectivity index (χ4v) is 5.90. The molecule has 0 radical (unpaired) electrons. The van der Waals surface area contributed by atoms with Crippen molar-refractivity contribution in [2.45, 2.75) is 37.5 Å². The molecule has 1 saturated carbocycles. The lowest BCUT2D eigenvalue weighted by atomic mass is 9.68. The first-order chi connectivity index (χ1) is 11.7. The summed E-state index contributed by atoms with van der Waals surface area (Å²) in [4.78, 5) is 0. The Balaban J connectivity index is 1.94. The lowest BCUT2D eigenvalue weighted by Crippen LogP contribution is -2.28. The zero-order valence-corrected chi connectivity index (χ0v) is 16.6. The molecule has 0 unspecified atom stereocenters. The molecule has 1 spiro atoms. The molecule has 3 aromatic carbocycles. The summed E-state index contributed by atoms with van der Waals surface area (Å²) in [5.74, 6) is 0. The van der Waals surface area contributed by atoms with E-state index in [9.17, 15) is 0 Å². The van der Waals surface area contributed by atoms with Crippen LogP contribution in [-0.2, 0) is 5.41 Å². The molecule has 2 aliphatic rings. The normalized spacial score (nSPS) is 17.9. The summed E-state index contributed by atoms with van der Waals surface area (Å²) in [6.45, 7) is 0. The van der Waals surface area contributed by atoms with Crippen molar-refractivity contribution in [3.8, 4) is 11.1 Å². The van der Waals surface area contributed by atoms with Gasteiger partial charge in [-0.05, 0) is 64.1 Å². The second-order valence-electron chi connectivity index (χ2n) is 7.16. The molecule has 0 aromatic heterocycles. The van der Waals surface area contributed by atoms with Gasteiger partial charge in [0.05, 0.1) is 0 Å². The Morgan fingerprint density at radius 2 is 1.50 bits per heavy atom. The average Bonchev–Trinajstić information content (AvgIpc) is 2.86. The summed E-state index contributed by atoms with van der Waals surface area (Å²) in [5, 5.41) is 2.70. The van der Waals surface area contributed by atoms with E-state index >= 15 is 0 Å². The summed E-state index contributed by atoms with van der Waals surface area (Å²) < 4.78 is 2.43. The van der Waals surface area contributed by atoms with Gasteiger partial charge in [-0.2, -0.15) is 0 Å². The van der Waals surface area contributed by atoms with E-state index < -0.39 is 0 Å². The van der Waals surface area contributed by atoms with Crippen LogP contribution in [0.15, 0.2) is 57.5 Å². The molecular weight excluding hydrogens is 424 g/mol. The highest BCUT2D eigenvalue weighted by molar-refractivity contribution is 9.11. The van der Waals surface area contributed by atoms with Crippen LogP contribution in [-0.4, -0.2) is 0 Å². The molecule has 2 aliphatic carbocycles. The molecule has 3 aromatic rings. The smallest absolute Gasteiger partial charge is 0.0257 e. The van der Waals surface area contributed by atoms with Crippen molar-refractivity contribution >= 4 is 42.6 Å². The van der Waals surface area contributed by atoms with Crippen molar-refractivity contribution in [3.05, 3.63) is 68.6 Å². The largest absolute Gasteiger partial charge is 0.0616 e. The first-order valence-electron chi connectivity index (χ1n) is 8.73. The van der Waals surface area contributed by atoms with Gasteiger partial charge in [-0.3, -0.25) is 0 Å². The quantitative estimate of drug-likeness (QED) is 0.337. The van der Waals surface area contributed by atoms with Crippen LogP contribution in [0.5, 0.6) is 0 Å². The molecule has 0 heterocycles. The second-order valence-corrected chi connectivity index (χ2v) is 8.93. The molecule has 1 fully saturated rings. The number of hydrogen-bond acceptors (Lipinski definition) is 0. The van der Waals surface area contributed by atoms with Gasteiger partial charge in [0.15, 0.2) is 0 Å². The van der Waals surface area contributed by atoms with E-state index in [1.165, 1.54) is 68.5 Å². The second kappa shape index (κ2) is 5.44. The molecule has 0 bridgehead atoms. The number of fused-ring (bicyclic) bond motifs is 7. The third kappa shape index (κ3) is 1.96. The predicted octanol–water partition coefficient (Wildman–Crippen LogP) is 7.60. The summed E-state index contributed by atoms with van der Waals surface area (Å²) in [6.07, 6.45) is 6.57. The van der Waals surface area contributed by atoms with Gasteiger partial charge in [-0.15, -0.1) is 0 Å². The molecule has 0 nitrogen and oxygen atoms in total. The van der Waals surface area contributed by atoms with Gasteiger partial charge in [0.1, 0.15) is 0 Å². The average molecular weight is 442 g/mol. The number of halogens is 2. The molecule has 0 aliphatic heterocycles. The molecule has 120 valence electrons. The van der Waals surface area contributed by atoms with E-state index in [2.05, 4.69) is 80.4 Å². The van der Waals surface area contributed by atoms with Gasteiger partial charge in [0.2, 0.25) is 0 Å². The van der Waals surface area contributed by atoms with Gasteiger partial charge in [0, 0.05) is 14.4 Å². The van der Waals surface area contributed by atoms with Crippen LogP contribution in [0, 0.1) is 0 Å². The van der Waals surface area contributed by atoms with Gasteiger partial charge in [-0.1, -0.05) is 81.5 Å². The maximum Gasteiger partial charge on any atom is 0.0257 e. The van der Waals surface area contributed by atoms with Crippen molar-refractivity contribution in [1.29, 1.82) is 0 Å². The Morgan fingerprint density at radius 1 is 0.750 bits per heavy atom. The lowest BCUT2D eigenvalue weighted by Gasteiger charge is -2.36. The van der Waals surface area contributed by atoms with Crippen molar-refractivity contribution < 1.29 is 0 Å². The Labute approximate surface area is 159 Å². The Bertz CT molecular complexity index is 965. The van der Waals surface area contributed by atoms with Crippen LogP contribution in [0.4, 0.5) is 0 Å². The van der Waals surface area contributed by atoms with Gasteiger partial charge >= 0.3 is 0 Å². The zero-order chi connectivity index (χ0) is 16.3. The number of hydrogen-bond donors (Lipinski definition) is 0. The highest BCUT2D eigenvalue weighted by atomic mass is 79.9. The Morgan fingerprint density at radius 3 is 2.29 bits per heavy atom. The fourth-order valence-electron chi connectivity index (χ4n) is 4.97. The van der Waals surface area contributed by atoms with Crippen LogP contribution >= 0.6 is 31.9 Å². The lowest BCUT2D eigenvalue weighted by molar-refractivity contribution is 0.353. The minimum absolute atomic E-state index is 0.208. The molecule has 0 N–H and O–H groups in total. The predicted molar refractivity (Wildman–Crippen MR) is 109 cm³/mol. The van der Waals surface area contributed by atoms with Crippen LogP contribution in [0.1, 0.15) is 43.2 Å². The molecule has 0 amide bonds. The summed E-state index contributed by atoms with van der Waals surface area (Å²) in [6, 6.07) is 18.1. The van der Waals surface area contributed by atoms with Crippen molar-refractivity contribution in [1.82, 2.24) is 0 Å². The minimum atomic E-state index is 0.208. The number of rotatable bonds is 0. The topological polar surface area (TPSA) is 0 Å². The maximum atomic E-state index is 3.85. The summed E-state index contributed by atoms with van der Waals surface area (Å²) in [7, 11) is 0. The standard InChI is InChI=1S/C22H18Br2/c23-14-8-9-17-18(12-14)22(10-4-1-5-11-22)19-13-20(24)15-6-2-3-7-16(15)21(17)19/h2-3,6-9,12-13H,1,4-5,10-11H2. The zero-order valence-electron chi connectivity index (χ0n) is 13.4. The highest BCUT2D eigenvalue weighted by Gasteiger charge is 2.44. The Hall–Kier alpha value is -1.12. The van der Waals surface area contributed by atoms with Crippen LogP contribution in [0.2, 0.25) is 0 Å². The summed E-state index contributed by atoms with van der Waals surface area (Å²) >= 11 is 7.57. The van der Waals surface area contributed by atoms with E-state index in [0.29, 0.717) is 0 Å². The van der Waals surface area contributed by atoms with Gasteiger partial charge < -0.3 is 0 Å². The highest BCUT2D eigenvalue weighted by Crippen LogP contribution is 2.58. The monoisotopic (exact) mass is 440 g/mol. The first kappa shape index (κ1) is 15.2. The first-order valence-corrected chi connectivity index (χ1v) is 10.3. The fraction of sp³-hybridized carbons (Fsp3) is 0.273. The van der Waals surface area contributed by atoms with E-state index in [1.807, 2.05) is 0 Å². The maximum absolute atomic E-state index is 3.85. The molecule has 2 heteroatoms. The molecule has 0 atom stereocenters. The van der Waals surface area contributed by atoms with E-state index in [0.717, 1.165) is 0 Å². The molecule has 0 saturated heterocycles. The number of benzene rings is 3. The SMILES string of the molecule is Brc1ccc2c(c1)C1(CCCCC1)c1cc(Br)c3ccccc3c1-2. The van der Waals surface area contributed by atoms with Crippen LogP contribution in [0.3, 0.4) is 0 Å². The third-order valence-electron chi connectivity index (χ3n) is 5.98. The van der Waals surface area contributed by atoms with Crippen molar-refractivity contribution in [3.63, 3.8) is 0 Å². The molecular formula is C22H18Br2. The molecule has 24 heavy (non-hydrogen) atoms. The van der Waals surface area contributed by atoms with Crippen LogP contribution < -0.4 is 0 Å². The van der Waals surface area contributed by atoms with Crippen LogP contribution in [0.25, 0.3) is 21.9 Å². The molecule has 5 rings (SSSR count). The summed E-state index contributed by atoms with van der Waals surface area (Å²) in [5.41, 5.74) is 6.20. The van der Waals surface area contributed by atoms with Crippen molar-refractivity contribution in [2.75, 3.05) is 0 Å². The minimum Gasteiger partial charge on any atom is -0.0616 e. The van der Waals surface area contributed by atoms with E-state index in [4.69, 9.17) is 0 Å². The van der Waals surface area contributed by atoms with Gasteiger partial charge in [0.25, 0.3) is 0 Å². The van der Waals surface area contributed by atoms with Crippen molar-refractivity contribution in [2.24, 2.45) is 0 Å². The third-order valence-corrected chi connectivity index (χ3v) is 7.13. The van der Waals surface area contributed by atoms with E-state index in [1.54, 1.807) is 5.56 Å². The van der Waals surface area contributed by atoms with E-state index in [-0.39, 0.29) is 5.41 Å². The van der Waals surface area contributed by atoms with Gasteiger partial charge in [-0.25, -0.2) is 0 Å². The Kier molecular flexibility index (Phi) is 3.44.